The zero-order valence-electron chi connectivity index (χ0n) is 7.91. The predicted octanol–water partition coefficient (Wildman–Crippen LogP) is 1.89. The molecule has 0 unspecified atom stereocenters. The first kappa shape index (κ1) is 10.9. The third-order valence-corrected chi connectivity index (χ3v) is 3.16. The Balaban J connectivity index is 2.19. The van der Waals surface area contributed by atoms with Crippen molar-refractivity contribution < 1.29 is 4.79 Å². The number of likely N-dealkylation sites (tertiary alicyclic amines) is 1. The first-order valence-electron chi connectivity index (χ1n) is 4.58. The summed E-state index contributed by atoms with van der Waals surface area (Å²) in [4.78, 5) is 13.6. The quantitative estimate of drug-likeness (QED) is 0.858. The third kappa shape index (κ3) is 2.17. The molecule has 5 heteroatoms. The van der Waals surface area contributed by atoms with Gasteiger partial charge in [0.05, 0.1) is 10.6 Å². The highest BCUT2D eigenvalue weighted by Crippen LogP contribution is 2.23. The van der Waals surface area contributed by atoms with E-state index in [1.165, 1.54) is 0 Å². The fourth-order valence-electron chi connectivity index (χ4n) is 1.51. The molecule has 1 fully saturated rings. The van der Waals surface area contributed by atoms with Crippen molar-refractivity contribution in [2.75, 3.05) is 13.1 Å². The molecule has 1 aliphatic heterocycles. The summed E-state index contributed by atoms with van der Waals surface area (Å²) in [7, 11) is 0. The molecule has 0 saturated carbocycles. The highest BCUT2D eigenvalue weighted by Gasteiger charge is 2.29. The van der Waals surface area contributed by atoms with Gasteiger partial charge < -0.3 is 10.6 Å². The van der Waals surface area contributed by atoms with Crippen molar-refractivity contribution in [2.24, 2.45) is 5.73 Å². The molecular weight excluding hydrogens is 279 g/mol. The van der Waals surface area contributed by atoms with E-state index in [-0.39, 0.29) is 11.9 Å². The molecule has 80 valence electrons. The first-order chi connectivity index (χ1) is 7.08. The van der Waals surface area contributed by atoms with Crippen molar-refractivity contribution >= 4 is 33.4 Å². The minimum Gasteiger partial charge on any atom is -0.335 e. The Kier molecular flexibility index (Phi) is 3.00. The molecule has 3 nitrogen and oxygen atoms in total. The Morgan fingerprint density at radius 2 is 2.20 bits per heavy atom. The predicted molar refractivity (Wildman–Crippen MR) is 63.0 cm³/mol. The third-order valence-electron chi connectivity index (χ3n) is 2.36. The molecule has 1 amide bonds. The van der Waals surface area contributed by atoms with E-state index >= 15 is 0 Å². The molecule has 15 heavy (non-hydrogen) atoms. The van der Waals surface area contributed by atoms with Crippen molar-refractivity contribution in [1.29, 1.82) is 0 Å². The van der Waals surface area contributed by atoms with E-state index < -0.39 is 0 Å². The summed E-state index contributed by atoms with van der Waals surface area (Å²) in [5, 5.41) is 0.467. The van der Waals surface area contributed by atoms with Crippen LogP contribution >= 0.6 is 27.5 Å². The van der Waals surface area contributed by atoms with Gasteiger partial charge in [0.15, 0.2) is 0 Å². The highest BCUT2D eigenvalue weighted by atomic mass is 79.9. The van der Waals surface area contributed by atoms with Gasteiger partial charge in [-0.05, 0) is 18.2 Å². The number of nitrogens with zero attached hydrogens (tertiary/aromatic N) is 1. The lowest BCUT2D eigenvalue weighted by atomic mass is 10.1. The summed E-state index contributed by atoms with van der Waals surface area (Å²) in [5.41, 5.74) is 6.15. The number of carbonyl (C=O) groups excluding carboxylic acids is 1. The van der Waals surface area contributed by atoms with Crippen molar-refractivity contribution in [3.63, 3.8) is 0 Å². The number of hydrogen-bond acceptors (Lipinski definition) is 2. The van der Waals surface area contributed by atoms with Gasteiger partial charge in [0, 0.05) is 23.6 Å². The number of amides is 1. The second kappa shape index (κ2) is 4.12. The maximum absolute atomic E-state index is 11.9. The fourth-order valence-corrected chi connectivity index (χ4v) is 2.27. The fraction of sp³-hybridized carbons (Fsp3) is 0.300. The first-order valence-corrected chi connectivity index (χ1v) is 5.75. The molecule has 0 radical (unpaired) electrons. The van der Waals surface area contributed by atoms with Gasteiger partial charge in [-0.1, -0.05) is 27.5 Å². The molecular formula is C10H10BrClN2O. The van der Waals surface area contributed by atoms with Crippen LogP contribution < -0.4 is 5.73 Å². The minimum atomic E-state index is -0.0470. The average Bonchev–Trinajstić information content (AvgIpc) is 2.12. The number of rotatable bonds is 1. The van der Waals surface area contributed by atoms with Gasteiger partial charge >= 0.3 is 0 Å². The molecule has 2 N–H and O–H groups in total. The largest absolute Gasteiger partial charge is 0.335 e. The summed E-state index contributed by atoms with van der Waals surface area (Å²) < 4.78 is 0.865. The molecule has 0 spiro atoms. The number of carbonyl (C=O) groups is 1. The van der Waals surface area contributed by atoms with Crippen LogP contribution in [0.4, 0.5) is 0 Å². The standard InChI is InChI=1S/C10H10BrClN2O/c11-6-1-2-8(9(12)3-6)10(15)14-4-7(13)5-14/h1-3,7H,4-5,13H2. The normalized spacial score (nSPS) is 16.3. The minimum absolute atomic E-state index is 0.0470. The average molecular weight is 290 g/mol. The Bertz CT molecular complexity index is 404. The lowest BCUT2D eigenvalue weighted by Crippen LogP contribution is -2.57. The van der Waals surface area contributed by atoms with Crippen LogP contribution in [0.15, 0.2) is 22.7 Å². The maximum Gasteiger partial charge on any atom is 0.255 e. The monoisotopic (exact) mass is 288 g/mol. The van der Waals surface area contributed by atoms with Crippen LogP contribution in [0.1, 0.15) is 10.4 Å². The molecule has 1 heterocycles. The van der Waals surface area contributed by atoms with E-state index in [0.29, 0.717) is 23.7 Å². The van der Waals surface area contributed by atoms with E-state index in [0.717, 1.165) is 4.47 Å². The van der Waals surface area contributed by atoms with Gasteiger partial charge in [0.2, 0.25) is 0 Å². The van der Waals surface area contributed by atoms with Crippen LogP contribution in [0.25, 0.3) is 0 Å². The second-order valence-electron chi connectivity index (χ2n) is 3.59. The summed E-state index contributed by atoms with van der Waals surface area (Å²) >= 11 is 9.27. The van der Waals surface area contributed by atoms with E-state index in [1.54, 1.807) is 23.1 Å². The molecule has 1 aromatic rings. The zero-order chi connectivity index (χ0) is 11.0. The SMILES string of the molecule is NC1CN(C(=O)c2ccc(Br)cc2Cl)C1. The summed E-state index contributed by atoms with van der Waals surface area (Å²) in [5.74, 6) is -0.0470. The van der Waals surface area contributed by atoms with Crippen LogP contribution in [-0.4, -0.2) is 29.9 Å². The lowest BCUT2D eigenvalue weighted by molar-refractivity contribution is 0.0608. The Labute approximate surface area is 101 Å². The van der Waals surface area contributed by atoms with E-state index in [2.05, 4.69) is 15.9 Å². The van der Waals surface area contributed by atoms with Gasteiger partial charge in [0.25, 0.3) is 5.91 Å². The van der Waals surface area contributed by atoms with Crippen molar-refractivity contribution in [3.05, 3.63) is 33.3 Å². The summed E-state index contributed by atoms with van der Waals surface area (Å²) in [6.45, 7) is 1.23. The second-order valence-corrected chi connectivity index (χ2v) is 4.92. The number of nitrogens with two attached hydrogens (primary N) is 1. The van der Waals surface area contributed by atoms with Crippen LogP contribution in [0.3, 0.4) is 0 Å². The van der Waals surface area contributed by atoms with Crippen molar-refractivity contribution in [3.8, 4) is 0 Å². The number of halogens is 2. The number of benzene rings is 1. The Morgan fingerprint density at radius 1 is 1.53 bits per heavy atom. The smallest absolute Gasteiger partial charge is 0.255 e. The van der Waals surface area contributed by atoms with Crippen molar-refractivity contribution in [2.45, 2.75) is 6.04 Å². The van der Waals surface area contributed by atoms with Crippen LogP contribution in [-0.2, 0) is 0 Å². The summed E-state index contributed by atoms with van der Waals surface area (Å²) in [6.07, 6.45) is 0. The van der Waals surface area contributed by atoms with Gasteiger partial charge in [-0.2, -0.15) is 0 Å². The zero-order valence-corrected chi connectivity index (χ0v) is 10.3. The molecule has 2 rings (SSSR count). The molecule has 0 aliphatic carbocycles. The van der Waals surface area contributed by atoms with E-state index in [4.69, 9.17) is 17.3 Å². The topological polar surface area (TPSA) is 46.3 Å². The highest BCUT2D eigenvalue weighted by molar-refractivity contribution is 9.10. The molecule has 1 saturated heterocycles. The van der Waals surface area contributed by atoms with Crippen molar-refractivity contribution in [1.82, 2.24) is 4.90 Å². The maximum atomic E-state index is 11.9. The molecule has 1 aromatic carbocycles. The Hall–Kier alpha value is -0.580. The molecule has 0 aromatic heterocycles. The van der Waals surface area contributed by atoms with Gasteiger partial charge in [-0.3, -0.25) is 4.79 Å². The molecule has 0 atom stereocenters. The lowest BCUT2D eigenvalue weighted by Gasteiger charge is -2.37. The molecule has 1 aliphatic rings. The van der Waals surface area contributed by atoms with Crippen LogP contribution in [0.2, 0.25) is 5.02 Å². The van der Waals surface area contributed by atoms with Crippen LogP contribution in [0.5, 0.6) is 0 Å². The van der Waals surface area contributed by atoms with Gasteiger partial charge in [0.1, 0.15) is 0 Å². The van der Waals surface area contributed by atoms with Gasteiger partial charge in [-0.15, -0.1) is 0 Å². The van der Waals surface area contributed by atoms with E-state index in [9.17, 15) is 4.79 Å². The summed E-state index contributed by atoms with van der Waals surface area (Å²) in [6, 6.07) is 5.36. The van der Waals surface area contributed by atoms with Gasteiger partial charge in [-0.25, -0.2) is 0 Å². The van der Waals surface area contributed by atoms with Crippen LogP contribution in [0, 0.1) is 0 Å². The number of hydrogen-bond donors (Lipinski definition) is 1. The van der Waals surface area contributed by atoms with E-state index in [1.807, 2.05) is 0 Å². The molecule has 0 bridgehead atoms. The Morgan fingerprint density at radius 3 is 2.73 bits per heavy atom.